The molecule has 1 saturated heterocycles. The van der Waals surface area contributed by atoms with Crippen LogP contribution < -0.4 is 5.73 Å². The van der Waals surface area contributed by atoms with Crippen LogP contribution in [-0.4, -0.2) is 34.4 Å². The van der Waals surface area contributed by atoms with Gasteiger partial charge in [-0.15, -0.1) is 0 Å². The molecule has 64 valence electrons. The number of rotatable bonds is 0. The van der Waals surface area contributed by atoms with Crippen LogP contribution in [0.5, 0.6) is 0 Å². The number of nitrogens with one attached hydrogen (secondary N) is 1. The van der Waals surface area contributed by atoms with Crippen molar-refractivity contribution < 1.29 is 0 Å². The van der Waals surface area contributed by atoms with Gasteiger partial charge in [0.1, 0.15) is 0 Å². The molecule has 2 atom stereocenters. The first kappa shape index (κ1) is 8.71. The van der Waals surface area contributed by atoms with Gasteiger partial charge in [-0.2, -0.15) is 11.8 Å². The molecular formula is C7H15N3S. The molecule has 3 nitrogen and oxygen atoms in total. The average molecular weight is 173 g/mol. The lowest BCUT2D eigenvalue weighted by atomic mass is 10.3. The fraction of sp³-hybridized carbons (Fsp3) is 0.857. The standard InChI is InChI=1S/C7H15N3S/c1-5-3-10(7(8)9)4-6(2)11-5/h5-6H,3-4H2,1-2H3,(H3,8,9). The van der Waals surface area contributed by atoms with Gasteiger partial charge in [-0.25, -0.2) is 0 Å². The highest BCUT2D eigenvalue weighted by molar-refractivity contribution is 8.00. The maximum Gasteiger partial charge on any atom is 0.188 e. The molecule has 1 fully saturated rings. The van der Waals surface area contributed by atoms with E-state index in [9.17, 15) is 0 Å². The third-order valence-electron chi connectivity index (χ3n) is 1.76. The summed E-state index contributed by atoms with van der Waals surface area (Å²) in [5, 5.41) is 8.46. The van der Waals surface area contributed by atoms with E-state index < -0.39 is 0 Å². The van der Waals surface area contributed by atoms with Crippen LogP contribution in [0.1, 0.15) is 13.8 Å². The second kappa shape index (κ2) is 3.34. The van der Waals surface area contributed by atoms with Crippen molar-refractivity contribution in [2.24, 2.45) is 5.73 Å². The van der Waals surface area contributed by atoms with E-state index in [-0.39, 0.29) is 5.96 Å². The van der Waals surface area contributed by atoms with Crippen LogP contribution >= 0.6 is 11.8 Å². The molecule has 0 spiro atoms. The number of hydrogen-bond acceptors (Lipinski definition) is 2. The minimum Gasteiger partial charge on any atom is -0.370 e. The summed E-state index contributed by atoms with van der Waals surface area (Å²) in [7, 11) is 0. The summed E-state index contributed by atoms with van der Waals surface area (Å²) >= 11 is 1.97. The summed E-state index contributed by atoms with van der Waals surface area (Å²) in [5.74, 6) is 0.212. The summed E-state index contributed by atoms with van der Waals surface area (Å²) in [5.41, 5.74) is 5.39. The molecular weight excluding hydrogens is 158 g/mol. The second-order valence-electron chi connectivity index (χ2n) is 3.05. The van der Waals surface area contributed by atoms with Crippen molar-refractivity contribution in [2.45, 2.75) is 24.3 Å². The molecule has 11 heavy (non-hydrogen) atoms. The smallest absolute Gasteiger partial charge is 0.188 e. The molecule has 2 unspecified atom stereocenters. The summed E-state index contributed by atoms with van der Waals surface area (Å²) in [6.45, 7) is 6.20. The number of nitrogens with two attached hydrogens (primary N) is 1. The molecule has 1 rings (SSSR count). The lowest BCUT2D eigenvalue weighted by Crippen LogP contribution is -2.46. The van der Waals surface area contributed by atoms with E-state index in [1.165, 1.54) is 0 Å². The van der Waals surface area contributed by atoms with Gasteiger partial charge < -0.3 is 10.6 Å². The molecule has 0 aromatic carbocycles. The lowest BCUT2D eigenvalue weighted by molar-refractivity contribution is 0.404. The lowest BCUT2D eigenvalue weighted by Gasteiger charge is -2.34. The zero-order chi connectivity index (χ0) is 8.43. The Balaban J connectivity index is 2.49. The molecule has 0 radical (unpaired) electrons. The van der Waals surface area contributed by atoms with E-state index >= 15 is 0 Å². The third-order valence-corrected chi connectivity index (χ3v) is 2.99. The summed E-state index contributed by atoms with van der Waals surface area (Å²) < 4.78 is 0. The quantitative estimate of drug-likeness (QED) is 0.419. The Hall–Kier alpha value is -0.380. The van der Waals surface area contributed by atoms with Crippen molar-refractivity contribution in [1.29, 1.82) is 5.41 Å². The van der Waals surface area contributed by atoms with Crippen molar-refractivity contribution in [3.05, 3.63) is 0 Å². The van der Waals surface area contributed by atoms with E-state index in [1.807, 2.05) is 16.7 Å². The predicted molar refractivity (Wildman–Crippen MR) is 50.0 cm³/mol. The van der Waals surface area contributed by atoms with Crippen LogP contribution in [0, 0.1) is 5.41 Å². The van der Waals surface area contributed by atoms with Gasteiger partial charge in [0.15, 0.2) is 5.96 Å². The Bertz CT molecular complexity index is 150. The van der Waals surface area contributed by atoms with Gasteiger partial charge in [-0.3, -0.25) is 5.41 Å². The van der Waals surface area contributed by atoms with Crippen LogP contribution in [0.4, 0.5) is 0 Å². The molecule has 0 amide bonds. The first-order valence-corrected chi connectivity index (χ1v) is 4.78. The fourth-order valence-corrected chi connectivity index (χ4v) is 2.70. The Morgan fingerprint density at radius 3 is 2.27 bits per heavy atom. The first-order valence-electron chi connectivity index (χ1n) is 3.84. The van der Waals surface area contributed by atoms with Gasteiger partial charge in [0, 0.05) is 23.6 Å². The van der Waals surface area contributed by atoms with Crippen molar-refractivity contribution >= 4 is 17.7 Å². The summed E-state index contributed by atoms with van der Waals surface area (Å²) in [6.07, 6.45) is 0. The van der Waals surface area contributed by atoms with Gasteiger partial charge in [0.05, 0.1) is 0 Å². The number of nitrogens with zero attached hydrogens (tertiary/aromatic N) is 1. The number of thioether (sulfide) groups is 1. The van der Waals surface area contributed by atoms with E-state index in [0.29, 0.717) is 10.5 Å². The minimum absolute atomic E-state index is 0.212. The highest BCUT2D eigenvalue weighted by Crippen LogP contribution is 2.23. The summed E-state index contributed by atoms with van der Waals surface area (Å²) in [4.78, 5) is 1.94. The largest absolute Gasteiger partial charge is 0.370 e. The topological polar surface area (TPSA) is 53.1 Å². The second-order valence-corrected chi connectivity index (χ2v) is 4.93. The Labute approximate surface area is 71.8 Å². The van der Waals surface area contributed by atoms with Crippen LogP contribution in [0.15, 0.2) is 0 Å². The SMILES string of the molecule is CC1CN(C(=N)N)CC(C)S1. The predicted octanol–water partition coefficient (Wildman–Crippen LogP) is 0.706. The van der Waals surface area contributed by atoms with E-state index in [2.05, 4.69) is 13.8 Å². The first-order chi connectivity index (χ1) is 5.09. The maximum atomic E-state index is 7.26. The zero-order valence-electron chi connectivity index (χ0n) is 7.00. The van der Waals surface area contributed by atoms with Gasteiger partial charge >= 0.3 is 0 Å². The van der Waals surface area contributed by atoms with E-state index in [0.717, 1.165) is 13.1 Å². The van der Waals surface area contributed by atoms with Crippen LogP contribution in [-0.2, 0) is 0 Å². The molecule has 0 aliphatic carbocycles. The van der Waals surface area contributed by atoms with Crippen molar-refractivity contribution in [3.63, 3.8) is 0 Å². The molecule has 0 saturated carbocycles. The number of hydrogen-bond donors (Lipinski definition) is 2. The molecule has 1 aliphatic heterocycles. The third kappa shape index (κ3) is 2.29. The van der Waals surface area contributed by atoms with Crippen molar-refractivity contribution in [1.82, 2.24) is 4.90 Å². The highest BCUT2D eigenvalue weighted by Gasteiger charge is 2.22. The molecule has 1 aliphatic rings. The van der Waals surface area contributed by atoms with Crippen LogP contribution in [0.3, 0.4) is 0 Å². The van der Waals surface area contributed by atoms with Gasteiger partial charge in [0.2, 0.25) is 0 Å². The fourth-order valence-electron chi connectivity index (χ4n) is 1.37. The van der Waals surface area contributed by atoms with Crippen molar-refractivity contribution in [3.8, 4) is 0 Å². The molecule has 4 heteroatoms. The van der Waals surface area contributed by atoms with Gasteiger partial charge in [0.25, 0.3) is 0 Å². The van der Waals surface area contributed by atoms with E-state index in [4.69, 9.17) is 11.1 Å². The molecule has 0 aromatic rings. The maximum absolute atomic E-state index is 7.26. The molecule has 0 aromatic heterocycles. The number of guanidine groups is 1. The normalized spacial score (nSPS) is 32.0. The van der Waals surface area contributed by atoms with Crippen molar-refractivity contribution in [2.75, 3.05) is 13.1 Å². The average Bonchev–Trinajstić information content (AvgIpc) is 1.85. The van der Waals surface area contributed by atoms with E-state index in [1.54, 1.807) is 0 Å². The summed E-state index contributed by atoms with van der Waals surface area (Å²) in [6, 6.07) is 0. The monoisotopic (exact) mass is 173 g/mol. The molecule has 0 bridgehead atoms. The highest BCUT2D eigenvalue weighted by atomic mass is 32.2. The Morgan fingerprint density at radius 2 is 1.91 bits per heavy atom. The Morgan fingerprint density at radius 1 is 1.45 bits per heavy atom. The minimum atomic E-state index is 0.212. The van der Waals surface area contributed by atoms with Gasteiger partial charge in [-0.05, 0) is 0 Å². The van der Waals surface area contributed by atoms with Crippen LogP contribution in [0.2, 0.25) is 0 Å². The van der Waals surface area contributed by atoms with Crippen LogP contribution in [0.25, 0.3) is 0 Å². The zero-order valence-corrected chi connectivity index (χ0v) is 7.82. The molecule has 1 heterocycles. The molecule has 3 N–H and O–H groups in total. The Kier molecular flexibility index (Phi) is 2.65. The van der Waals surface area contributed by atoms with Gasteiger partial charge in [-0.1, -0.05) is 13.8 Å².